The van der Waals surface area contributed by atoms with Crippen molar-refractivity contribution < 1.29 is 14.3 Å². The summed E-state index contributed by atoms with van der Waals surface area (Å²) in [6, 6.07) is 10.9. The molecular formula is C24H36N4O3. The van der Waals surface area contributed by atoms with Crippen LogP contribution in [0.3, 0.4) is 0 Å². The highest BCUT2D eigenvalue weighted by molar-refractivity contribution is 5.92. The van der Waals surface area contributed by atoms with Gasteiger partial charge in [0, 0.05) is 43.8 Å². The van der Waals surface area contributed by atoms with Crippen molar-refractivity contribution in [2.24, 2.45) is 13.0 Å². The second-order valence-electron chi connectivity index (χ2n) is 8.22. The van der Waals surface area contributed by atoms with Crippen LogP contribution in [0.5, 0.6) is 5.75 Å². The summed E-state index contributed by atoms with van der Waals surface area (Å²) in [5, 5.41) is 2.90. The number of nitrogens with one attached hydrogen (secondary N) is 1. The zero-order valence-corrected chi connectivity index (χ0v) is 19.4. The van der Waals surface area contributed by atoms with Gasteiger partial charge in [-0.2, -0.15) is 0 Å². The van der Waals surface area contributed by atoms with Gasteiger partial charge >= 0.3 is 6.03 Å². The van der Waals surface area contributed by atoms with Gasteiger partial charge in [0.25, 0.3) is 0 Å². The molecule has 3 amide bonds. The van der Waals surface area contributed by atoms with Crippen molar-refractivity contribution in [3.8, 4) is 5.75 Å². The predicted octanol–water partition coefficient (Wildman–Crippen LogP) is 4.35. The van der Waals surface area contributed by atoms with Crippen LogP contribution in [0.2, 0.25) is 0 Å². The van der Waals surface area contributed by atoms with E-state index in [9.17, 15) is 9.59 Å². The first kappa shape index (κ1) is 24.3. The molecule has 0 unspecified atom stereocenters. The Morgan fingerprint density at radius 3 is 2.55 bits per heavy atom. The van der Waals surface area contributed by atoms with E-state index in [1.165, 1.54) is 0 Å². The van der Waals surface area contributed by atoms with Gasteiger partial charge in [0.15, 0.2) is 0 Å². The molecule has 31 heavy (non-hydrogen) atoms. The number of unbranched alkanes of at least 4 members (excludes halogenated alkanes) is 1. The number of nitrogens with zero attached hydrogens (tertiary/aromatic N) is 3. The molecule has 0 aliphatic rings. The minimum Gasteiger partial charge on any atom is -0.497 e. The molecule has 0 aliphatic heterocycles. The van der Waals surface area contributed by atoms with Crippen molar-refractivity contribution >= 4 is 17.6 Å². The summed E-state index contributed by atoms with van der Waals surface area (Å²) in [4.78, 5) is 29.6. The summed E-state index contributed by atoms with van der Waals surface area (Å²) in [6.45, 7) is 7.93. The lowest BCUT2D eigenvalue weighted by molar-refractivity contribution is -0.132. The Labute approximate surface area is 186 Å². The zero-order chi connectivity index (χ0) is 22.8. The van der Waals surface area contributed by atoms with E-state index in [1.807, 2.05) is 60.8 Å². The van der Waals surface area contributed by atoms with Gasteiger partial charge < -0.3 is 24.4 Å². The van der Waals surface area contributed by atoms with Crippen molar-refractivity contribution in [1.82, 2.24) is 14.4 Å². The van der Waals surface area contributed by atoms with Crippen LogP contribution >= 0.6 is 0 Å². The Hall–Kier alpha value is -2.96. The molecule has 1 heterocycles. The molecule has 0 saturated heterocycles. The third kappa shape index (κ3) is 7.66. The SMILES string of the molecule is CCCCN(Cc1cccn1C)C(=O)CN(CC(C)C)C(=O)Nc1cccc(OC)c1. The van der Waals surface area contributed by atoms with Gasteiger partial charge in [0.1, 0.15) is 12.3 Å². The van der Waals surface area contributed by atoms with Gasteiger partial charge in [-0.1, -0.05) is 33.3 Å². The molecule has 0 radical (unpaired) electrons. The number of benzene rings is 1. The van der Waals surface area contributed by atoms with Crippen LogP contribution in [0, 0.1) is 5.92 Å². The Kier molecular flexibility index (Phi) is 9.43. The van der Waals surface area contributed by atoms with Crippen molar-refractivity contribution in [1.29, 1.82) is 0 Å². The number of anilines is 1. The van der Waals surface area contributed by atoms with Gasteiger partial charge in [-0.15, -0.1) is 0 Å². The fraction of sp³-hybridized carbons (Fsp3) is 0.500. The van der Waals surface area contributed by atoms with Gasteiger partial charge in [0.05, 0.1) is 13.7 Å². The van der Waals surface area contributed by atoms with Crippen molar-refractivity contribution in [2.45, 2.75) is 40.2 Å². The second-order valence-corrected chi connectivity index (χ2v) is 8.22. The quantitative estimate of drug-likeness (QED) is 0.578. The maximum absolute atomic E-state index is 13.2. The number of amides is 3. The molecule has 1 aromatic heterocycles. The lowest BCUT2D eigenvalue weighted by Gasteiger charge is -2.29. The van der Waals surface area contributed by atoms with Gasteiger partial charge in [-0.3, -0.25) is 4.79 Å². The van der Waals surface area contributed by atoms with Gasteiger partial charge in [-0.05, 0) is 36.6 Å². The van der Waals surface area contributed by atoms with E-state index in [1.54, 1.807) is 24.1 Å². The minimum absolute atomic E-state index is 0.0438. The largest absolute Gasteiger partial charge is 0.497 e. The molecule has 7 heteroatoms. The minimum atomic E-state index is -0.287. The van der Waals surface area contributed by atoms with E-state index in [4.69, 9.17) is 4.74 Å². The van der Waals surface area contributed by atoms with Crippen LogP contribution in [0.25, 0.3) is 0 Å². The second kappa shape index (κ2) is 12.0. The van der Waals surface area contributed by atoms with Crippen LogP contribution in [0.15, 0.2) is 42.6 Å². The Morgan fingerprint density at radius 2 is 1.94 bits per heavy atom. The van der Waals surface area contributed by atoms with Crippen molar-refractivity contribution in [2.75, 3.05) is 32.1 Å². The molecule has 0 spiro atoms. The van der Waals surface area contributed by atoms with E-state index in [-0.39, 0.29) is 24.4 Å². The predicted molar refractivity (Wildman–Crippen MR) is 124 cm³/mol. The zero-order valence-electron chi connectivity index (χ0n) is 19.4. The molecule has 0 aliphatic carbocycles. The first-order valence-corrected chi connectivity index (χ1v) is 10.9. The molecule has 2 aromatic rings. The molecule has 7 nitrogen and oxygen atoms in total. The smallest absolute Gasteiger partial charge is 0.322 e. The van der Waals surface area contributed by atoms with Crippen molar-refractivity contribution in [3.05, 3.63) is 48.3 Å². The lowest BCUT2D eigenvalue weighted by atomic mass is 10.2. The molecule has 1 N–H and O–H groups in total. The number of aromatic nitrogens is 1. The molecule has 170 valence electrons. The molecule has 0 bridgehead atoms. The van der Waals surface area contributed by atoms with E-state index in [0.29, 0.717) is 31.1 Å². The van der Waals surface area contributed by atoms with Crippen LogP contribution in [0.4, 0.5) is 10.5 Å². The normalized spacial score (nSPS) is 10.8. The van der Waals surface area contributed by atoms with E-state index < -0.39 is 0 Å². The van der Waals surface area contributed by atoms with E-state index in [2.05, 4.69) is 12.2 Å². The number of urea groups is 1. The summed E-state index contributed by atoms with van der Waals surface area (Å²) in [5.41, 5.74) is 1.71. The Bertz CT molecular complexity index is 847. The lowest BCUT2D eigenvalue weighted by Crippen LogP contribution is -2.46. The number of methoxy groups -OCH3 is 1. The summed E-state index contributed by atoms with van der Waals surface area (Å²) in [6.07, 6.45) is 3.91. The van der Waals surface area contributed by atoms with Gasteiger partial charge in [-0.25, -0.2) is 4.79 Å². The fourth-order valence-corrected chi connectivity index (χ4v) is 3.32. The molecule has 2 rings (SSSR count). The van der Waals surface area contributed by atoms with Crippen LogP contribution in [0.1, 0.15) is 39.3 Å². The maximum atomic E-state index is 13.2. The maximum Gasteiger partial charge on any atom is 0.322 e. The van der Waals surface area contributed by atoms with Gasteiger partial charge in [0.2, 0.25) is 5.91 Å². The molecular weight excluding hydrogens is 392 g/mol. The number of carbonyl (C=O) groups is 2. The average molecular weight is 429 g/mol. The Morgan fingerprint density at radius 1 is 1.16 bits per heavy atom. The number of carbonyl (C=O) groups excluding carboxylic acids is 2. The number of ether oxygens (including phenoxy) is 1. The number of hydrogen-bond acceptors (Lipinski definition) is 3. The number of rotatable bonds is 11. The van der Waals surface area contributed by atoms with Crippen LogP contribution in [-0.4, -0.2) is 53.0 Å². The van der Waals surface area contributed by atoms with Crippen molar-refractivity contribution in [3.63, 3.8) is 0 Å². The molecule has 1 aromatic carbocycles. The fourth-order valence-electron chi connectivity index (χ4n) is 3.32. The highest BCUT2D eigenvalue weighted by Crippen LogP contribution is 2.17. The highest BCUT2D eigenvalue weighted by Gasteiger charge is 2.23. The number of hydrogen-bond donors (Lipinski definition) is 1. The Balaban J connectivity index is 2.12. The summed E-state index contributed by atoms with van der Waals surface area (Å²) >= 11 is 0. The van der Waals surface area contributed by atoms with E-state index >= 15 is 0 Å². The van der Waals surface area contributed by atoms with Crippen LogP contribution < -0.4 is 10.1 Å². The standard InChI is InChI=1S/C24H36N4O3/c1-6-7-14-27(17-21-11-9-13-26(21)4)23(29)18-28(16-19(2)3)24(30)25-20-10-8-12-22(15-20)31-5/h8-13,15,19H,6-7,14,16-18H2,1-5H3,(H,25,30). The molecule has 0 fully saturated rings. The summed E-state index contributed by atoms with van der Waals surface area (Å²) in [7, 11) is 3.56. The van der Waals surface area contributed by atoms with Crippen LogP contribution in [-0.2, 0) is 18.4 Å². The van der Waals surface area contributed by atoms with E-state index in [0.717, 1.165) is 18.5 Å². The average Bonchev–Trinajstić information content (AvgIpc) is 3.14. The summed E-state index contributed by atoms with van der Waals surface area (Å²) in [5.74, 6) is 0.856. The monoisotopic (exact) mass is 428 g/mol. The first-order chi connectivity index (χ1) is 14.8. The highest BCUT2D eigenvalue weighted by atomic mass is 16.5. The molecule has 0 saturated carbocycles. The number of aryl methyl sites for hydroxylation is 1. The third-order valence-corrected chi connectivity index (χ3v) is 5.06. The third-order valence-electron chi connectivity index (χ3n) is 5.06. The molecule has 0 atom stereocenters. The topological polar surface area (TPSA) is 66.8 Å². The first-order valence-electron chi connectivity index (χ1n) is 10.9. The summed E-state index contributed by atoms with van der Waals surface area (Å²) < 4.78 is 7.25.